The van der Waals surface area contributed by atoms with Gasteiger partial charge in [0.25, 0.3) is 0 Å². The monoisotopic (exact) mass is 184 g/mol. The Balaban J connectivity index is 1.92. The van der Waals surface area contributed by atoms with Gasteiger partial charge in [0.15, 0.2) is 0 Å². The molecule has 4 nitrogen and oxygen atoms in total. The molecule has 2 saturated heterocycles. The van der Waals surface area contributed by atoms with Gasteiger partial charge in [0, 0.05) is 19.7 Å². The van der Waals surface area contributed by atoms with Crippen LogP contribution < -0.4 is 5.32 Å². The molecule has 0 aromatic carbocycles. The minimum atomic E-state index is -0.0956. The summed E-state index contributed by atoms with van der Waals surface area (Å²) in [4.78, 5) is 13.1. The van der Waals surface area contributed by atoms with Crippen molar-refractivity contribution >= 4 is 6.03 Å². The van der Waals surface area contributed by atoms with Gasteiger partial charge in [0.1, 0.15) is 0 Å². The van der Waals surface area contributed by atoms with Crippen LogP contribution >= 0.6 is 0 Å². The van der Waals surface area contributed by atoms with Crippen LogP contribution in [0.25, 0.3) is 0 Å². The lowest BCUT2D eigenvalue weighted by Crippen LogP contribution is -2.41. The van der Waals surface area contributed by atoms with Crippen LogP contribution in [0.2, 0.25) is 0 Å². The van der Waals surface area contributed by atoms with Crippen molar-refractivity contribution in [3.63, 3.8) is 0 Å². The summed E-state index contributed by atoms with van der Waals surface area (Å²) in [5.74, 6) is 0. The average molecular weight is 184 g/mol. The van der Waals surface area contributed by atoms with E-state index >= 15 is 0 Å². The van der Waals surface area contributed by atoms with Gasteiger partial charge in [-0.05, 0) is 19.8 Å². The quantitative estimate of drug-likeness (QED) is 0.682. The summed E-state index contributed by atoms with van der Waals surface area (Å²) in [6.45, 7) is 5.25. The van der Waals surface area contributed by atoms with Crippen molar-refractivity contribution in [2.24, 2.45) is 0 Å². The molecule has 2 amide bonds. The highest BCUT2D eigenvalue weighted by Gasteiger charge is 2.34. The number of hydrogen-bond donors (Lipinski definition) is 1. The molecule has 0 spiro atoms. The van der Waals surface area contributed by atoms with Crippen molar-refractivity contribution in [1.82, 2.24) is 10.2 Å². The van der Waals surface area contributed by atoms with Crippen molar-refractivity contribution < 1.29 is 9.53 Å². The number of amides is 2. The van der Waals surface area contributed by atoms with Crippen molar-refractivity contribution in [1.29, 1.82) is 0 Å². The molecule has 2 aliphatic heterocycles. The van der Waals surface area contributed by atoms with Crippen LogP contribution in [0.4, 0.5) is 4.79 Å². The molecule has 0 saturated carbocycles. The zero-order valence-electron chi connectivity index (χ0n) is 8.01. The van der Waals surface area contributed by atoms with Gasteiger partial charge in [0.05, 0.1) is 12.1 Å². The number of hydrogen-bond acceptors (Lipinski definition) is 2. The highest BCUT2D eigenvalue weighted by Crippen LogP contribution is 2.26. The fourth-order valence-electron chi connectivity index (χ4n) is 2.03. The Labute approximate surface area is 78.2 Å². The van der Waals surface area contributed by atoms with Gasteiger partial charge in [-0.1, -0.05) is 0 Å². The van der Waals surface area contributed by atoms with E-state index in [9.17, 15) is 4.79 Å². The predicted molar refractivity (Wildman–Crippen MR) is 48.6 cm³/mol. The molecule has 2 heterocycles. The van der Waals surface area contributed by atoms with Crippen LogP contribution in [0.3, 0.4) is 0 Å². The second kappa shape index (κ2) is 3.18. The summed E-state index contributed by atoms with van der Waals surface area (Å²) in [6.07, 6.45) is 2.18. The van der Waals surface area contributed by atoms with E-state index in [4.69, 9.17) is 4.74 Å². The highest BCUT2D eigenvalue weighted by molar-refractivity contribution is 5.76. The summed E-state index contributed by atoms with van der Waals surface area (Å²) >= 11 is 0. The van der Waals surface area contributed by atoms with E-state index in [1.165, 1.54) is 0 Å². The lowest BCUT2D eigenvalue weighted by atomic mass is 10.0. The number of rotatable bonds is 2. The number of nitrogens with zero attached hydrogens (tertiary/aromatic N) is 1. The summed E-state index contributed by atoms with van der Waals surface area (Å²) < 4.78 is 5.63. The molecule has 0 aromatic heterocycles. The normalized spacial score (nSPS) is 33.9. The summed E-state index contributed by atoms with van der Waals surface area (Å²) in [5.41, 5.74) is -0.0956. The van der Waals surface area contributed by atoms with E-state index in [0.717, 1.165) is 39.1 Å². The molecule has 1 unspecified atom stereocenters. The Kier molecular flexibility index (Phi) is 2.15. The third-order valence-corrected chi connectivity index (χ3v) is 2.77. The lowest BCUT2D eigenvalue weighted by Gasteiger charge is -2.28. The van der Waals surface area contributed by atoms with Gasteiger partial charge in [-0.3, -0.25) is 0 Å². The maximum Gasteiger partial charge on any atom is 0.317 e. The first kappa shape index (κ1) is 8.81. The minimum absolute atomic E-state index is 0.0525. The summed E-state index contributed by atoms with van der Waals surface area (Å²) in [6, 6.07) is 0.0525. The Morgan fingerprint density at radius 2 is 2.54 bits per heavy atom. The van der Waals surface area contributed by atoms with E-state index < -0.39 is 0 Å². The molecular weight excluding hydrogens is 168 g/mol. The molecule has 0 radical (unpaired) electrons. The van der Waals surface area contributed by atoms with Crippen LogP contribution in [-0.4, -0.2) is 42.8 Å². The molecular formula is C9H16N2O2. The van der Waals surface area contributed by atoms with Crippen LogP contribution in [-0.2, 0) is 4.74 Å². The number of nitrogens with one attached hydrogen (secondary N) is 1. The molecule has 0 aliphatic carbocycles. The number of urea groups is 1. The molecule has 1 N–H and O–H groups in total. The van der Waals surface area contributed by atoms with E-state index in [1.54, 1.807) is 0 Å². The molecule has 74 valence electrons. The highest BCUT2D eigenvalue weighted by atomic mass is 16.5. The van der Waals surface area contributed by atoms with Crippen LogP contribution in [0.1, 0.15) is 19.8 Å². The molecule has 0 aromatic rings. The molecule has 2 rings (SSSR count). The maximum absolute atomic E-state index is 11.3. The Morgan fingerprint density at radius 1 is 1.69 bits per heavy atom. The van der Waals surface area contributed by atoms with Crippen molar-refractivity contribution in [3.8, 4) is 0 Å². The SMILES string of the molecule is CC1(CN2CCNC2=O)CCCO1. The second-order valence-electron chi connectivity index (χ2n) is 4.06. The van der Waals surface area contributed by atoms with Crippen molar-refractivity contribution in [2.75, 3.05) is 26.2 Å². The van der Waals surface area contributed by atoms with Gasteiger partial charge in [0.2, 0.25) is 0 Å². The van der Waals surface area contributed by atoms with Crippen LogP contribution in [0, 0.1) is 0 Å². The number of ether oxygens (including phenoxy) is 1. The van der Waals surface area contributed by atoms with Gasteiger partial charge < -0.3 is 15.0 Å². The molecule has 13 heavy (non-hydrogen) atoms. The van der Waals surface area contributed by atoms with Crippen molar-refractivity contribution in [2.45, 2.75) is 25.4 Å². The fourth-order valence-corrected chi connectivity index (χ4v) is 2.03. The van der Waals surface area contributed by atoms with Gasteiger partial charge in [-0.2, -0.15) is 0 Å². The topological polar surface area (TPSA) is 41.6 Å². The standard InChI is InChI=1S/C9H16N2O2/c1-9(3-2-6-13-9)7-11-5-4-10-8(11)12/h2-7H2,1H3,(H,10,12). The fraction of sp³-hybridized carbons (Fsp3) is 0.889. The summed E-state index contributed by atoms with van der Waals surface area (Å²) in [7, 11) is 0. The first-order chi connectivity index (χ1) is 6.20. The number of carbonyl (C=O) groups excluding carboxylic acids is 1. The molecule has 2 aliphatic rings. The zero-order chi connectivity index (χ0) is 9.31. The van der Waals surface area contributed by atoms with E-state index in [-0.39, 0.29) is 11.6 Å². The molecule has 1 atom stereocenters. The van der Waals surface area contributed by atoms with Crippen LogP contribution in [0.5, 0.6) is 0 Å². The van der Waals surface area contributed by atoms with Gasteiger partial charge >= 0.3 is 6.03 Å². The van der Waals surface area contributed by atoms with E-state index in [2.05, 4.69) is 12.2 Å². The van der Waals surface area contributed by atoms with Crippen molar-refractivity contribution in [3.05, 3.63) is 0 Å². The first-order valence-corrected chi connectivity index (χ1v) is 4.86. The third-order valence-electron chi connectivity index (χ3n) is 2.77. The van der Waals surface area contributed by atoms with E-state index in [1.807, 2.05) is 4.90 Å². The molecule has 0 bridgehead atoms. The summed E-state index contributed by atoms with van der Waals surface area (Å²) in [5, 5.41) is 2.79. The first-order valence-electron chi connectivity index (χ1n) is 4.86. The zero-order valence-corrected chi connectivity index (χ0v) is 8.01. The molecule has 2 fully saturated rings. The Hall–Kier alpha value is -0.770. The second-order valence-corrected chi connectivity index (χ2v) is 4.06. The van der Waals surface area contributed by atoms with Gasteiger partial charge in [-0.15, -0.1) is 0 Å². The number of carbonyl (C=O) groups is 1. The average Bonchev–Trinajstić information content (AvgIpc) is 2.64. The Bertz CT molecular complexity index is 212. The lowest BCUT2D eigenvalue weighted by molar-refractivity contribution is 0.00266. The predicted octanol–water partition coefficient (Wildman–Crippen LogP) is 0.581. The minimum Gasteiger partial charge on any atom is -0.373 e. The van der Waals surface area contributed by atoms with Crippen LogP contribution in [0.15, 0.2) is 0 Å². The van der Waals surface area contributed by atoms with Gasteiger partial charge in [-0.25, -0.2) is 4.79 Å². The third kappa shape index (κ3) is 1.77. The maximum atomic E-state index is 11.3. The smallest absolute Gasteiger partial charge is 0.317 e. The molecule has 4 heteroatoms. The largest absolute Gasteiger partial charge is 0.373 e. The van der Waals surface area contributed by atoms with E-state index in [0.29, 0.717) is 0 Å². The Morgan fingerprint density at radius 3 is 3.08 bits per heavy atom.